The number of aliphatic hydroxyl groups excluding tert-OH is 4. The molecule has 0 aromatic carbocycles. The van der Waals surface area contributed by atoms with Gasteiger partial charge in [-0.2, -0.15) is 0 Å². The van der Waals surface area contributed by atoms with E-state index in [1.54, 1.807) is 13.8 Å². The fourth-order valence-electron chi connectivity index (χ4n) is 6.10. The molecule has 0 amide bonds. The van der Waals surface area contributed by atoms with Crippen molar-refractivity contribution >= 4 is 17.7 Å². The van der Waals surface area contributed by atoms with Crippen molar-refractivity contribution in [2.75, 3.05) is 6.61 Å². The highest BCUT2D eigenvalue weighted by molar-refractivity contribution is 6.03. The second kappa shape index (κ2) is 19.2. The summed E-state index contributed by atoms with van der Waals surface area (Å²) in [6.45, 7) is 12.3. The zero-order chi connectivity index (χ0) is 33.6. The quantitative estimate of drug-likeness (QED) is 0.0676. The predicted octanol–water partition coefficient (Wildman–Crippen LogP) is 5.44. The average Bonchev–Trinajstić information content (AvgIpc) is 2.98. The summed E-state index contributed by atoms with van der Waals surface area (Å²) >= 11 is 0. The topological polar surface area (TPSA) is 162 Å². The number of rotatable bonds is 20. The number of hydrogen-bond donors (Lipinski definition) is 5. The molecular formula is C35H58O9. The summed E-state index contributed by atoms with van der Waals surface area (Å²) in [5, 5.41) is 48.8. The summed E-state index contributed by atoms with van der Waals surface area (Å²) in [4.78, 5) is 37.1. The third kappa shape index (κ3) is 11.9. The first-order chi connectivity index (χ1) is 20.6. The Morgan fingerprint density at radius 1 is 0.977 bits per heavy atom. The van der Waals surface area contributed by atoms with E-state index in [1.807, 2.05) is 19.9 Å². The molecule has 1 aliphatic carbocycles. The van der Waals surface area contributed by atoms with Gasteiger partial charge in [0.25, 0.3) is 0 Å². The minimum absolute atomic E-state index is 0.0575. The maximum atomic E-state index is 13.5. The number of Topliss-reactive ketones (excluding diaryl/α,β-unsaturated/α-hetero) is 1. The van der Waals surface area contributed by atoms with Crippen molar-refractivity contribution in [2.24, 2.45) is 17.3 Å². The van der Waals surface area contributed by atoms with Crippen LogP contribution in [0.2, 0.25) is 0 Å². The number of allylic oxidation sites excluding steroid dienone is 4. The maximum absolute atomic E-state index is 13.5. The number of carboxylic acids is 1. The van der Waals surface area contributed by atoms with Gasteiger partial charge in [-0.05, 0) is 64.0 Å². The lowest BCUT2D eigenvalue weighted by Crippen LogP contribution is -2.46. The number of carbonyl (C=O) groups is 3. The molecule has 9 heteroatoms. The van der Waals surface area contributed by atoms with Crippen LogP contribution in [0.3, 0.4) is 0 Å². The molecule has 1 rings (SSSR count). The number of esters is 1. The van der Waals surface area contributed by atoms with Gasteiger partial charge in [0.1, 0.15) is 6.10 Å². The standard InChI is InChI=1S/C35H58O9/c1-8-9-10-11-12-13-14-15-16-22(2)29(37)24(4)19-23(3)27-17-18-35(7,32(40)26(27)6)20-25(5)34(43)44-28(21-36)30(38)31(39)33(41)42/h19-20,22,24,28-31,36-39H,8-18,21H2,1-7H3,(H,41,42)/b23-19+,25-20+/t22-,24-,28+,29+,30+,31-,35?/m0/s1. The molecule has 9 nitrogen and oxygen atoms in total. The van der Waals surface area contributed by atoms with Crippen molar-refractivity contribution in [3.8, 4) is 0 Å². The monoisotopic (exact) mass is 622 g/mol. The Labute approximate surface area is 264 Å². The molecular weight excluding hydrogens is 564 g/mol. The zero-order valence-corrected chi connectivity index (χ0v) is 28.0. The molecule has 0 aromatic rings. The molecule has 0 radical (unpaired) electrons. The largest absolute Gasteiger partial charge is 0.479 e. The highest BCUT2D eigenvalue weighted by Crippen LogP contribution is 2.41. The molecule has 0 bridgehead atoms. The van der Waals surface area contributed by atoms with Crippen LogP contribution >= 0.6 is 0 Å². The lowest BCUT2D eigenvalue weighted by atomic mass is 9.70. The summed E-state index contributed by atoms with van der Waals surface area (Å²) in [7, 11) is 0. The molecule has 1 unspecified atom stereocenters. The van der Waals surface area contributed by atoms with E-state index in [1.165, 1.54) is 57.9 Å². The van der Waals surface area contributed by atoms with E-state index in [0.717, 1.165) is 24.0 Å². The van der Waals surface area contributed by atoms with Gasteiger partial charge in [-0.3, -0.25) is 4.79 Å². The van der Waals surface area contributed by atoms with Crippen LogP contribution in [0.25, 0.3) is 0 Å². The van der Waals surface area contributed by atoms with Gasteiger partial charge >= 0.3 is 11.9 Å². The molecule has 0 saturated carbocycles. The molecule has 0 heterocycles. The summed E-state index contributed by atoms with van der Waals surface area (Å²) in [6.07, 6.45) is 9.21. The molecule has 0 aromatic heterocycles. The zero-order valence-electron chi connectivity index (χ0n) is 28.0. The molecule has 0 fully saturated rings. The fraction of sp³-hybridized carbons (Fsp3) is 0.743. The predicted molar refractivity (Wildman–Crippen MR) is 171 cm³/mol. The number of aliphatic carboxylic acids is 1. The van der Waals surface area contributed by atoms with Crippen LogP contribution in [0.4, 0.5) is 0 Å². The minimum Gasteiger partial charge on any atom is -0.479 e. The summed E-state index contributed by atoms with van der Waals surface area (Å²) in [5.41, 5.74) is 1.54. The maximum Gasteiger partial charge on any atom is 0.335 e. The van der Waals surface area contributed by atoms with Gasteiger partial charge in [-0.1, -0.05) is 89.9 Å². The van der Waals surface area contributed by atoms with Crippen LogP contribution in [0.1, 0.15) is 119 Å². The smallest absolute Gasteiger partial charge is 0.335 e. The summed E-state index contributed by atoms with van der Waals surface area (Å²) in [6, 6.07) is 0. The summed E-state index contributed by atoms with van der Waals surface area (Å²) < 4.78 is 5.06. The molecule has 0 saturated heterocycles. The Morgan fingerprint density at radius 2 is 1.55 bits per heavy atom. The van der Waals surface area contributed by atoms with E-state index in [-0.39, 0.29) is 23.2 Å². The fourth-order valence-corrected chi connectivity index (χ4v) is 6.10. The van der Waals surface area contributed by atoms with Crippen LogP contribution in [-0.4, -0.2) is 74.3 Å². The molecule has 1 aliphatic rings. The highest BCUT2D eigenvalue weighted by atomic mass is 16.6. The number of carbonyl (C=O) groups excluding carboxylic acids is 2. The van der Waals surface area contributed by atoms with E-state index >= 15 is 0 Å². The Morgan fingerprint density at radius 3 is 2.09 bits per heavy atom. The lowest BCUT2D eigenvalue weighted by molar-refractivity contribution is -0.171. The van der Waals surface area contributed by atoms with Crippen molar-refractivity contribution in [1.82, 2.24) is 0 Å². The van der Waals surface area contributed by atoms with Gasteiger partial charge in [0, 0.05) is 16.9 Å². The Balaban J connectivity index is 2.86. The van der Waals surface area contributed by atoms with E-state index in [4.69, 9.17) is 9.84 Å². The molecule has 252 valence electrons. The normalized spacial score (nSPS) is 22.3. The average molecular weight is 623 g/mol. The van der Waals surface area contributed by atoms with E-state index in [0.29, 0.717) is 18.4 Å². The van der Waals surface area contributed by atoms with Crippen LogP contribution in [-0.2, 0) is 19.1 Å². The first-order valence-electron chi connectivity index (χ1n) is 16.3. The van der Waals surface area contributed by atoms with Gasteiger partial charge < -0.3 is 30.3 Å². The number of aliphatic hydroxyl groups is 4. The third-order valence-electron chi connectivity index (χ3n) is 9.08. The molecule has 44 heavy (non-hydrogen) atoms. The van der Waals surface area contributed by atoms with Crippen LogP contribution < -0.4 is 0 Å². The number of ether oxygens (including phenoxy) is 1. The summed E-state index contributed by atoms with van der Waals surface area (Å²) in [5.74, 6) is -2.71. The number of ketones is 1. The molecule has 7 atom stereocenters. The van der Waals surface area contributed by atoms with E-state index in [9.17, 15) is 34.8 Å². The third-order valence-corrected chi connectivity index (χ3v) is 9.08. The first kappa shape index (κ1) is 39.7. The molecule has 0 spiro atoms. The van der Waals surface area contributed by atoms with Crippen LogP contribution in [0.5, 0.6) is 0 Å². The van der Waals surface area contributed by atoms with Gasteiger partial charge in [-0.15, -0.1) is 0 Å². The lowest BCUT2D eigenvalue weighted by Gasteiger charge is -2.33. The van der Waals surface area contributed by atoms with Crippen molar-refractivity contribution in [3.63, 3.8) is 0 Å². The SMILES string of the molecule is CCCCCCCCCC[C@H](C)[C@@H](O)[C@@H](C)/C=C(\C)C1=C(C)C(=O)C(C)(/C=C(\C)C(=O)O[C@H](CO)[C@@H](O)[C@H](O)C(=O)O)CC1. The first-order valence-corrected chi connectivity index (χ1v) is 16.3. The van der Waals surface area contributed by atoms with Crippen LogP contribution in [0, 0.1) is 17.3 Å². The molecule has 0 aliphatic heterocycles. The molecule has 5 N–H and O–H groups in total. The van der Waals surface area contributed by atoms with Gasteiger partial charge in [0.2, 0.25) is 0 Å². The second-order valence-corrected chi connectivity index (χ2v) is 13.0. The second-order valence-electron chi connectivity index (χ2n) is 13.0. The van der Waals surface area contributed by atoms with Crippen molar-refractivity contribution in [1.29, 1.82) is 0 Å². The van der Waals surface area contributed by atoms with Gasteiger partial charge in [0.05, 0.1) is 12.7 Å². The number of unbranched alkanes of at least 4 members (excludes halogenated alkanes) is 7. The van der Waals surface area contributed by atoms with Crippen molar-refractivity contribution in [3.05, 3.63) is 34.4 Å². The van der Waals surface area contributed by atoms with Crippen molar-refractivity contribution < 1.29 is 44.7 Å². The highest BCUT2D eigenvalue weighted by Gasteiger charge is 2.38. The van der Waals surface area contributed by atoms with Gasteiger partial charge in [0.15, 0.2) is 18.0 Å². The van der Waals surface area contributed by atoms with Gasteiger partial charge in [-0.25, -0.2) is 9.59 Å². The Hall–Kier alpha value is -2.33. The van der Waals surface area contributed by atoms with Crippen LogP contribution in [0.15, 0.2) is 34.4 Å². The number of carboxylic acid groups (broad SMARTS) is 1. The van der Waals surface area contributed by atoms with E-state index < -0.39 is 48.4 Å². The Bertz CT molecular complexity index is 1040. The number of hydrogen-bond acceptors (Lipinski definition) is 8. The van der Waals surface area contributed by atoms with Crippen molar-refractivity contribution in [2.45, 2.75) is 144 Å². The Kier molecular flexibility index (Phi) is 17.4. The minimum atomic E-state index is -2.24. The van der Waals surface area contributed by atoms with E-state index in [2.05, 4.69) is 13.8 Å².